The molecule has 3 aliphatic rings. The molecule has 0 radical (unpaired) electrons. The Balaban J connectivity index is 1.36. The van der Waals surface area contributed by atoms with Crippen LogP contribution in [0.25, 0.3) is 0 Å². The van der Waals surface area contributed by atoms with Gasteiger partial charge in [-0.25, -0.2) is 0 Å². The van der Waals surface area contributed by atoms with Crippen molar-refractivity contribution in [3.63, 3.8) is 0 Å². The average molecular weight is 286 g/mol. The van der Waals surface area contributed by atoms with E-state index in [1.165, 1.54) is 62.9 Å². The van der Waals surface area contributed by atoms with Crippen LogP contribution in [-0.2, 0) is 12.8 Å². The first-order valence-electron chi connectivity index (χ1n) is 8.55. The van der Waals surface area contributed by atoms with E-state index in [0.717, 1.165) is 25.3 Å². The molecule has 1 aromatic rings. The van der Waals surface area contributed by atoms with Crippen LogP contribution < -0.4 is 10.1 Å². The van der Waals surface area contributed by atoms with Gasteiger partial charge in [-0.15, -0.1) is 0 Å². The first-order valence-corrected chi connectivity index (χ1v) is 8.55. The van der Waals surface area contributed by atoms with Gasteiger partial charge in [0.25, 0.3) is 0 Å². The summed E-state index contributed by atoms with van der Waals surface area (Å²) in [6, 6.07) is 6.77. The Bertz CT molecular complexity index is 508. The summed E-state index contributed by atoms with van der Waals surface area (Å²) in [5.74, 6) is 1.10. The Labute approximate surface area is 127 Å². The molecule has 2 fully saturated rings. The highest BCUT2D eigenvalue weighted by Crippen LogP contribution is 2.32. The lowest BCUT2D eigenvalue weighted by Crippen LogP contribution is -2.59. The molecule has 2 heterocycles. The van der Waals surface area contributed by atoms with Crippen molar-refractivity contribution in [2.24, 2.45) is 0 Å². The van der Waals surface area contributed by atoms with Gasteiger partial charge in [0.15, 0.2) is 0 Å². The van der Waals surface area contributed by atoms with Crippen molar-refractivity contribution < 1.29 is 4.74 Å². The number of nitrogens with one attached hydrogen (secondary N) is 1. The van der Waals surface area contributed by atoms with Crippen LogP contribution in [0.15, 0.2) is 18.2 Å². The van der Waals surface area contributed by atoms with E-state index in [2.05, 4.69) is 28.4 Å². The molecule has 2 aliphatic heterocycles. The molecule has 1 N–H and O–H groups in total. The Morgan fingerprint density at radius 1 is 1.24 bits per heavy atom. The number of nitrogens with zero attached hydrogens (tertiary/aromatic N) is 1. The highest BCUT2D eigenvalue weighted by Gasteiger charge is 2.37. The molecule has 3 nitrogen and oxygen atoms in total. The molecule has 0 aromatic heterocycles. The fraction of sp³-hybridized carbons (Fsp3) is 0.667. The molecule has 21 heavy (non-hydrogen) atoms. The van der Waals surface area contributed by atoms with Gasteiger partial charge in [0.1, 0.15) is 5.75 Å². The minimum absolute atomic E-state index is 0.448. The van der Waals surface area contributed by atoms with E-state index in [4.69, 9.17) is 4.74 Å². The summed E-state index contributed by atoms with van der Waals surface area (Å²) in [6.45, 7) is 5.68. The number of piperazine rings is 1. The second kappa shape index (κ2) is 5.62. The van der Waals surface area contributed by atoms with E-state index in [-0.39, 0.29) is 0 Å². The molecule has 1 spiro atoms. The quantitative estimate of drug-likeness (QED) is 0.923. The standard InChI is InChI=1S/C18H26N2O/c1-2-8-18(7-1)14-20(11-9-19-18)10-5-15-3-4-17-16(13-15)6-12-21-17/h3-4,13,19H,1-2,5-12,14H2. The lowest BCUT2D eigenvalue weighted by molar-refractivity contribution is 0.136. The van der Waals surface area contributed by atoms with E-state index >= 15 is 0 Å². The average Bonchev–Trinajstić information content (AvgIpc) is 3.14. The Kier molecular flexibility index (Phi) is 3.64. The highest BCUT2D eigenvalue weighted by molar-refractivity contribution is 5.39. The summed E-state index contributed by atoms with van der Waals surface area (Å²) in [4.78, 5) is 2.67. The van der Waals surface area contributed by atoms with Gasteiger partial charge in [-0.3, -0.25) is 4.90 Å². The number of benzene rings is 1. The monoisotopic (exact) mass is 286 g/mol. The molecule has 114 valence electrons. The fourth-order valence-corrected chi connectivity index (χ4v) is 4.30. The largest absolute Gasteiger partial charge is 0.493 e. The number of ether oxygens (including phenoxy) is 1. The number of rotatable bonds is 3. The zero-order valence-corrected chi connectivity index (χ0v) is 12.9. The van der Waals surface area contributed by atoms with Gasteiger partial charge in [-0.05, 0) is 36.5 Å². The van der Waals surface area contributed by atoms with E-state index in [9.17, 15) is 0 Å². The number of fused-ring (bicyclic) bond motifs is 1. The van der Waals surface area contributed by atoms with E-state index in [1.807, 2.05) is 0 Å². The molecular formula is C18H26N2O. The molecular weight excluding hydrogens is 260 g/mol. The van der Waals surface area contributed by atoms with Crippen LogP contribution in [0.1, 0.15) is 36.8 Å². The fourth-order valence-electron chi connectivity index (χ4n) is 4.30. The molecule has 1 aromatic carbocycles. The first-order chi connectivity index (χ1) is 10.3. The lowest BCUT2D eigenvalue weighted by atomic mass is 9.94. The third-order valence-corrected chi connectivity index (χ3v) is 5.49. The third-order valence-electron chi connectivity index (χ3n) is 5.49. The Hall–Kier alpha value is -1.06. The summed E-state index contributed by atoms with van der Waals surface area (Å²) < 4.78 is 5.59. The maximum Gasteiger partial charge on any atom is 0.122 e. The van der Waals surface area contributed by atoms with Crippen LogP contribution in [0.3, 0.4) is 0 Å². The van der Waals surface area contributed by atoms with Gasteiger partial charge in [-0.2, -0.15) is 0 Å². The van der Waals surface area contributed by atoms with Crippen LogP contribution in [0.2, 0.25) is 0 Å². The van der Waals surface area contributed by atoms with Crippen LogP contribution in [0.5, 0.6) is 5.75 Å². The minimum Gasteiger partial charge on any atom is -0.493 e. The molecule has 1 aliphatic carbocycles. The zero-order valence-electron chi connectivity index (χ0n) is 12.9. The van der Waals surface area contributed by atoms with Gasteiger partial charge in [-0.1, -0.05) is 25.0 Å². The number of hydrogen-bond donors (Lipinski definition) is 1. The maximum absolute atomic E-state index is 5.59. The van der Waals surface area contributed by atoms with E-state index in [0.29, 0.717) is 5.54 Å². The van der Waals surface area contributed by atoms with Crippen LogP contribution in [0.4, 0.5) is 0 Å². The van der Waals surface area contributed by atoms with E-state index in [1.54, 1.807) is 0 Å². The number of hydrogen-bond acceptors (Lipinski definition) is 3. The third kappa shape index (κ3) is 2.82. The van der Waals surface area contributed by atoms with Crippen LogP contribution in [0, 0.1) is 0 Å². The first kappa shape index (κ1) is 13.6. The van der Waals surface area contributed by atoms with Crippen molar-refractivity contribution in [3.8, 4) is 5.75 Å². The van der Waals surface area contributed by atoms with Crippen molar-refractivity contribution in [1.29, 1.82) is 0 Å². The predicted molar refractivity (Wildman–Crippen MR) is 85.0 cm³/mol. The molecule has 1 saturated heterocycles. The SMILES string of the molecule is c1cc2c(cc1CCN1CCNC3(CCCC3)C1)CCO2. The van der Waals surface area contributed by atoms with Crippen LogP contribution in [-0.4, -0.2) is 43.2 Å². The van der Waals surface area contributed by atoms with Crippen molar-refractivity contribution >= 4 is 0 Å². The summed E-state index contributed by atoms with van der Waals surface area (Å²) in [5.41, 5.74) is 3.32. The second-order valence-corrected chi connectivity index (χ2v) is 6.98. The molecule has 3 heteroatoms. The maximum atomic E-state index is 5.59. The molecule has 0 unspecified atom stereocenters. The molecule has 1 saturated carbocycles. The van der Waals surface area contributed by atoms with Crippen molar-refractivity contribution in [2.45, 2.75) is 44.1 Å². The normalized spacial score (nSPS) is 24.2. The smallest absolute Gasteiger partial charge is 0.122 e. The van der Waals surface area contributed by atoms with Crippen LogP contribution >= 0.6 is 0 Å². The predicted octanol–water partition coefficient (Wildman–Crippen LogP) is 2.38. The second-order valence-electron chi connectivity index (χ2n) is 6.98. The summed E-state index contributed by atoms with van der Waals surface area (Å²) in [5, 5.41) is 3.80. The summed E-state index contributed by atoms with van der Waals surface area (Å²) in [6.07, 6.45) is 7.82. The van der Waals surface area contributed by atoms with Gasteiger partial charge >= 0.3 is 0 Å². The zero-order chi connectivity index (χ0) is 14.1. The topological polar surface area (TPSA) is 24.5 Å². The van der Waals surface area contributed by atoms with Crippen molar-refractivity contribution in [1.82, 2.24) is 10.2 Å². The van der Waals surface area contributed by atoms with Crippen molar-refractivity contribution in [3.05, 3.63) is 29.3 Å². The molecule has 0 atom stereocenters. The Morgan fingerprint density at radius 3 is 3.05 bits per heavy atom. The summed E-state index contributed by atoms with van der Waals surface area (Å²) >= 11 is 0. The van der Waals surface area contributed by atoms with E-state index < -0.39 is 0 Å². The van der Waals surface area contributed by atoms with Gasteiger partial charge in [0.05, 0.1) is 6.61 Å². The summed E-state index contributed by atoms with van der Waals surface area (Å²) in [7, 11) is 0. The van der Waals surface area contributed by atoms with Gasteiger partial charge < -0.3 is 10.1 Å². The molecule has 0 amide bonds. The van der Waals surface area contributed by atoms with Gasteiger partial charge in [0.2, 0.25) is 0 Å². The van der Waals surface area contributed by atoms with Gasteiger partial charge in [0, 0.05) is 38.1 Å². The highest BCUT2D eigenvalue weighted by atomic mass is 16.5. The molecule has 0 bridgehead atoms. The minimum atomic E-state index is 0.448. The molecule has 4 rings (SSSR count). The Morgan fingerprint density at radius 2 is 2.14 bits per heavy atom. The lowest BCUT2D eigenvalue weighted by Gasteiger charge is -2.41. The van der Waals surface area contributed by atoms with Crippen molar-refractivity contribution in [2.75, 3.05) is 32.8 Å².